The van der Waals surface area contributed by atoms with Crippen LogP contribution in [-0.4, -0.2) is 25.2 Å². The van der Waals surface area contributed by atoms with Gasteiger partial charge in [0.15, 0.2) is 5.92 Å². The average molecular weight is 252 g/mol. The number of benzene rings is 1. The third-order valence-corrected chi connectivity index (χ3v) is 2.90. The zero-order valence-corrected chi connectivity index (χ0v) is 9.89. The van der Waals surface area contributed by atoms with Crippen molar-refractivity contribution in [1.29, 1.82) is 0 Å². The van der Waals surface area contributed by atoms with Crippen molar-refractivity contribution in [3.8, 4) is 0 Å². The Morgan fingerprint density at radius 1 is 1.44 bits per heavy atom. The molecule has 0 aromatic heterocycles. The molecular formula is C13H13FO4. The van der Waals surface area contributed by atoms with Crippen LogP contribution in [-0.2, 0) is 19.1 Å². The van der Waals surface area contributed by atoms with Gasteiger partial charge in [-0.3, -0.25) is 9.59 Å². The smallest absolute Gasteiger partial charge is 0.321 e. The lowest BCUT2D eigenvalue weighted by molar-refractivity contribution is -0.155. The minimum absolute atomic E-state index is 0.119. The molecule has 18 heavy (non-hydrogen) atoms. The van der Waals surface area contributed by atoms with E-state index < -0.39 is 23.8 Å². The highest BCUT2D eigenvalue weighted by molar-refractivity contribution is 5.97. The Kier molecular flexibility index (Phi) is 3.60. The van der Waals surface area contributed by atoms with Gasteiger partial charge in [-0.15, -0.1) is 0 Å². The van der Waals surface area contributed by atoms with Crippen LogP contribution in [0.25, 0.3) is 0 Å². The number of ether oxygens (including phenoxy) is 2. The van der Waals surface area contributed by atoms with Crippen molar-refractivity contribution in [2.75, 3.05) is 13.2 Å². The zero-order valence-electron chi connectivity index (χ0n) is 9.89. The van der Waals surface area contributed by atoms with Gasteiger partial charge in [0.25, 0.3) is 0 Å². The van der Waals surface area contributed by atoms with Crippen LogP contribution in [0, 0.1) is 11.7 Å². The summed E-state index contributed by atoms with van der Waals surface area (Å²) < 4.78 is 22.6. The molecule has 1 aromatic carbocycles. The molecule has 0 aliphatic carbocycles. The molecule has 0 N–H and O–H groups in total. The summed E-state index contributed by atoms with van der Waals surface area (Å²) in [5, 5.41) is 0. The summed E-state index contributed by atoms with van der Waals surface area (Å²) in [5.74, 6) is -2.89. The van der Waals surface area contributed by atoms with E-state index in [2.05, 4.69) is 0 Å². The van der Waals surface area contributed by atoms with E-state index in [0.29, 0.717) is 5.56 Å². The fourth-order valence-electron chi connectivity index (χ4n) is 2.01. The van der Waals surface area contributed by atoms with Crippen molar-refractivity contribution in [3.05, 3.63) is 35.6 Å². The normalized spacial score (nSPS) is 22.7. The van der Waals surface area contributed by atoms with Gasteiger partial charge in [-0.05, 0) is 24.6 Å². The largest absolute Gasteiger partial charge is 0.465 e. The molecule has 0 amide bonds. The summed E-state index contributed by atoms with van der Waals surface area (Å²) in [6.07, 6.45) is 0. The van der Waals surface area contributed by atoms with Gasteiger partial charge in [0.2, 0.25) is 0 Å². The third-order valence-electron chi connectivity index (χ3n) is 2.90. The summed E-state index contributed by atoms with van der Waals surface area (Å²) in [6, 6.07) is 5.68. The SMILES string of the molecule is CCOC(=O)C1C(=O)OCC1c1ccc(F)cc1. The maximum Gasteiger partial charge on any atom is 0.321 e. The van der Waals surface area contributed by atoms with Gasteiger partial charge in [-0.2, -0.15) is 0 Å². The summed E-state index contributed by atoms with van der Waals surface area (Å²) in [4.78, 5) is 23.3. The Morgan fingerprint density at radius 2 is 2.11 bits per heavy atom. The van der Waals surface area contributed by atoms with Crippen molar-refractivity contribution in [3.63, 3.8) is 0 Å². The van der Waals surface area contributed by atoms with Gasteiger partial charge >= 0.3 is 11.9 Å². The van der Waals surface area contributed by atoms with Crippen LogP contribution >= 0.6 is 0 Å². The predicted octanol–water partition coefficient (Wildman–Crippen LogP) is 1.65. The molecule has 0 radical (unpaired) electrons. The van der Waals surface area contributed by atoms with E-state index >= 15 is 0 Å². The molecule has 96 valence electrons. The summed E-state index contributed by atoms with van der Waals surface area (Å²) >= 11 is 0. The molecule has 1 heterocycles. The molecule has 0 spiro atoms. The first-order chi connectivity index (χ1) is 8.63. The highest BCUT2D eigenvalue weighted by atomic mass is 19.1. The van der Waals surface area contributed by atoms with Crippen molar-refractivity contribution in [2.24, 2.45) is 5.92 Å². The Balaban J connectivity index is 2.23. The number of hydrogen-bond acceptors (Lipinski definition) is 4. The second-order valence-electron chi connectivity index (χ2n) is 4.02. The second kappa shape index (κ2) is 5.16. The molecule has 1 saturated heterocycles. The number of hydrogen-bond donors (Lipinski definition) is 0. The van der Waals surface area contributed by atoms with Crippen LogP contribution < -0.4 is 0 Å². The van der Waals surface area contributed by atoms with Gasteiger partial charge in [-0.25, -0.2) is 4.39 Å². The first-order valence-electron chi connectivity index (χ1n) is 5.72. The van der Waals surface area contributed by atoms with Crippen molar-refractivity contribution in [2.45, 2.75) is 12.8 Å². The van der Waals surface area contributed by atoms with Crippen LogP contribution in [0.2, 0.25) is 0 Å². The molecule has 0 bridgehead atoms. The lowest BCUT2D eigenvalue weighted by Gasteiger charge is -2.14. The number of esters is 2. The summed E-state index contributed by atoms with van der Waals surface area (Å²) in [5.41, 5.74) is 0.695. The van der Waals surface area contributed by atoms with Crippen molar-refractivity contribution >= 4 is 11.9 Å². The number of rotatable bonds is 3. The molecule has 2 unspecified atom stereocenters. The van der Waals surface area contributed by atoms with E-state index in [9.17, 15) is 14.0 Å². The summed E-state index contributed by atoms with van der Waals surface area (Å²) in [7, 11) is 0. The van der Waals surface area contributed by atoms with E-state index in [-0.39, 0.29) is 19.0 Å². The lowest BCUT2D eigenvalue weighted by Crippen LogP contribution is -2.26. The van der Waals surface area contributed by atoms with Crippen molar-refractivity contribution < 1.29 is 23.5 Å². The maximum atomic E-state index is 12.8. The zero-order chi connectivity index (χ0) is 13.1. The van der Waals surface area contributed by atoms with Crippen molar-refractivity contribution in [1.82, 2.24) is 0 Å². The van der Waals surface area contributed by atoms with Crippen LogP contribution in [0.5, 0.6) is 0 Å². The van der Waals surface area contributed by atoms with Gasteiger partial charge in [0.05, 0.1) is 13.2 Å². The monoisotopic (exact) mass is 252 g/mol. The van der Waals surface area contributed by atoms with Gasteiger partial charge in [0, 0.05) is 5.92 Å². The predicted molar refractivity (Wildman–Crippen MR) is 60.2 cm³/mol. The molecule has 2 rings (SSSR count). The standard InChI is InChI=1S/C13H13FO4/c1-2-17-12(15)11-10(7-18-13(11)16)8-3-5-9(14)6-4-8/h3-6,10-11H,2,7H2,1H3. The Bertz CT molecular complexity index is 455. The molecule has 5 heteroatoms. The molecule has 4 nitrogen and oxygen atoms in total. The third kappa shape index (κ3) is 2.34. The molecule has 1 aliphatic heterocycles. The number of cyclic esters (lactones) is 1. The Hall–Kier alpha value is -1.91. The quantitative estimate of drug-likeness (QED) is 0.606. The van der Waals surface area contributed by atoms with Crippen LogP contribution in [0.3, 0.4) is 0 Å². The van der Waals surface area contributed by atoms with E-state index in [1.165, 1.54) is 12.1 Å². The van der Waals surface area contributed by atoms with E-state index in [1.807, 2.05) is 0 Å². The van der Waals surface area contributed by atoms with E-state index in [1.54, 1.807) is 19.1 Å². The van der Waals surface area contributed by atoms with Gasteiger partial charge in [-0.1, -0.05) is 12.1 Å². The maximum absolute atomic E-state index is 12.8. The number of carbonyl (C=O) groups is 2. The fraction of sp³-hybridized carbons (Fsp3) is 0.385. The van der Waals surface area contributed by atoms with Crippen LogP contribution in [0.1, 0.15) is 18.4 Å². The number of halogens is 1. The average Bonchev–Trinajstić information content (AvgIpc) is 2.72. The molecular weight excluding hydrogens is 239 g/mol. The Labute approximate surface area is 104 Å². The highest BCUT2D eigenvalue weighted by Gasteiger charge is 2.44. The van der Waals surface area contributed by atoms with E-state index in [0.717, 1.165) is 0 Å². The van der Waals surface area contributed by atoms with Gasteiger partial charge < -0.3 is 9.47 Å². The Morgan fingerprint density at radius 3 is 2.72 bits per heavy atom. The highest BCUT2D eigenvalue weighted by Crippen LogP contribution is 2.32. The fourth-order valence-corrected chi connectivity index (χ4v) is 2.01. The first kappa shape index (κ1) is 12.5. The second-order valence-corrected chi connectivity index (χ2v) is 4.02. The topological polar surface area (TPSA) is 52.6 Å². The van der Waals surface area contributed by atoms with E-state index in [4.69, 9.17) is 9.47 Å². The van der Waals surface area contributed by atoms with Crippen LogP contribution in [0.15, 0.2) is 24.3 Å². The molecule has 1 aliphatic rings. The molecule has 0 saturated carbocycles. The molecule has 1 fully saturated rings. The first-order valence-corrected chi connectivity index (χ1v) is 5.72. The summed E-state index contributed by atoms with van der Waals surface area (Å²) in [6.45, 7) is 2.00. The minimum atomic E-state index is -0.949. The van der Waals surface area contributed by atoms with Crippen LogP contribution in [0.4, 0.5) is 4.39 Å². The number of carbonyl (C=O) groups excluding carboxylic acids is 2. The lowest BCUT2D eigenvalue weighted by atomic mass is 9.88. The molecule has 2 atom stereocenters. The minimum Gasteiger partial charge on any atom is -0.465 e. The molecule has 1 aromatic rings. The van der Waals surface area contributed by atoms with Gasteiger partial charge in [0.1, 0.15) is 5.82 Å².